The highest BCUT2D eigenvalue weighted by molar-refractivity contribution is 5.56. The first-order chi connectivity index (χ1) is 6.18. The van der Waals surface area contributed by atoms with Crippen molar-refractivity contribution in [2.45, 2.75) is 25.7 Å². The number of carbonyl (C=O) groups is 1. The van der Waals surface area contributed by atoms with Crippen LogP contribution in [-0.2, 0) is 4.74 Å². The Morgan fingerprint density at radius 2 is 1.38 bits per heavy atom. The molecule has 13 heavy (non-hydrogen) atoms. The average Bonchev–Trinajstić information content (AvgIpc) is 2.14. The van der Waals surface area contributed by atoms with Gasteiger partial charge >= 0.3 is 6.16 Å². The second-order valence-electron chi connectivity index (χ2n) is 2.33. The van der Waals surface area contributed by atoms with E-state index in [1.807, 2.05) is 0 Å². The van der Waals surface area contributed by atoms with Crippen LogP contribution in [0, 0.1) is 0 Å². The lowest BCUT2D eigenvalue weighted by Gasteiger charge is -1.93. The smallest absolute Gasteiger partial charge is 0.450 e. The van der Waals surface area contributed by atoms with E-state index in [-0.39, 0.29) is 13.2 Å². The van der Waals surface area contributed by atoms with Gasteiger partial charge in [0.25, 0.3) is 0 Å². The predicted octanol–water partition coefficient (Wildman–Crippen LogP) is 0.842. The van der Waals surface area contributed by atoms with Gasteiger partial charge in [0.1, 0.15) is 0 Å². The van der Waals surface area contributed by atoms with Gasteiger partial charge in [-0.3, -0.25) is 0 Å². The maximum absolute atomic E-state index is 9.15. The summed E-state index contributed by atoms with van der Waals surface area (Å²) in [6.07, 6.45) is 2.58. The predicted molar refractivity (Wildman–Crippen MR) is 47.7 cm³/mol. The van der Waals surface area contributed by atoms with Crippen molar-refractivity contribution in [2.75, 3.05) is 20.3 Å². The molecule has 0 aliphatic carbocycles. The lowest BCUT2D eigenvalue weighted by molar-refractivity contribution is 0.114. The minimum absolute atomic E-state index is 0.283. The molecular formula is C8H18O5. The molecule has 0 aliphatic rings. The molecule has 0 aromatic rings. The Hall–Kier alpha value is -0.810. The summed E-state index contributed by atoms with van der Waals surface area (Å²) >= 11 is 0. The van der Waals surface area contributed by atoms with Crippen LogP contribution in [0.4, 0.5) is 4.79 Å². The zero-order valence-electron chi connectivity index (χ0n) is 7.90. The van der Waals surface area contributed by atoms with Gasteiger partial charge in [-0.25, -0.2) is 4.79 Å². The van der Waals surface area contributed by atoms with Crippen LogP contribution in [-0.4, -0.2) is 41.8 Å². The molecule has 0 aliphatic heterocycles. The van der Waals surface area contributed by atoms with Crippen molar-refractivity contribution in [1.82, 2.24) is 0 Å². The zero-order valence-corrected chi connectivity index (χ0v) is 7.90. The number of aliphatic hydroxyl groups is 2. The largest absolute Gasteiger partial charge is 0.505 e. The first-order valence-electron chi connectivity index (χ1n) is 4.17. The maximum atomic E-state index is 9.15. The summed E-state index contributed by atoms with van der Waals surface area (Å²) in [5.41, 5.74) is 0. The molecule has 5 nitrogen and oxygen atoms in total. The molecule has 0 unspecified atom stereocenters. The van der Waals surface area contributed by atoms with Crippen molar-refractivity contribution in [1.29, 1.82) is 0 Å². The van der Waals surface area contributed by atoms with Gasteiger partial charge in [-0.05, 0) is 12.8 Å². The third-order valence-electron chi connectivity index (χ3n) is 1.24. The Morgan fingerprint density at radius 1 is 1.08 bits per heavy atom. The van der Waals surface area contributed by atoms with E-state index >= 15 is 0 Å². The second-order valence-corrected chi connectivity index (χ2v) is 2.33. The molecular weight excluding hydrogens is 176 g/mol. The van der Waals surface area contributed by atoms with Gasteiger partial charge in [-0.1, -0.05) is 12.8 Å². The minimum atomic E-state index is -1.25. The number of hydrogen-bond acceptors (Lipinski definition) is 4. The topological polar surface area (TPSA) is 87.0 Å². The van der Waals surface area contributed by atoms with Crippen LogP contribution < -0.4 is 0 Å². The van der Waals surface area contributed by atoms with Gasteiger partial charge in [0.05, 0.1) is 7.11 Å². The quantitative estimate of drug-likeness (QED) is 0.446. The molecule has 0 amide bonds. The number of methoxy groups -OCH3 is 1. The lowest BCUT2D eigenvalue weighted by atomic mass is 10.2. The van der Waals surface area contributed by atoms with Crippen LogP contribution in [0.15, 0.2) is 0 Å². The van der Waals surface area contributed by atoms with Crippen molar-refractivity contribution in [3.8, 4) is 0 Å². The number of carboxylic acid groups (broad SMARTS) is 1. The fourth-order valence-corrected chi connectivity index (χ4v) is 0.577. The minimum Gasteiger partial charge on any atom is -0.450 e. The SMILES string of the molecule is COC(=O)O.OCCCCCCO. The molecule has 3 N–H and O–H groups in total. The molecule has 0 spiro atoms. The number of rotatable bonds is 5. The number of unbranched alkanes of at least 4 members (excludes halogenated alkanes) is 3. The Labute approximate surface area is 78.0 Å². The highest BCUT2D eigenvalue weighted by Gasteiger charge is 1.84. The molecule has 0 saturated carbocycles. The van der Waals surface area contributed by atoms with Crippen LogP contribution >= 0.6 is 0 Å². The van der Waals surface area contributed by atoms with E-state index < -0.39 is 6.16 Å². The zero-order chi connectivity index (χ0) is 10.5. The van der Waals surface area contributed by atoms with E-state index in [4.69, 9.17) is 20.1 Å². The molecule has 0 radical (unpaired) electrons. The fraction of sp³-hybridized carbons (Fsp3) is 0.875. The van der Waals surface area contributed by atoms with Crippen LogP contribution in [0.5, 0.6) is 0 Å². The van der Waals surface area contributed by atoms with Crippen molar-refractivity contribution in [3.63, 3.8) is 0 Å². The Kier molecular flexibility index (Phi) is 15.6. The van der Waals surface area contributed by atoms with Crippen molar-refractivity contribution in [2.24, 2.45) is 0 Å². The molecule has 0 aromatic carbocycles. The monoisotopic (exact) mass is 194 g/mol. The normalized spacial score (nSPS) is 8.54. The first-order valence-corrected chi connectivity index (χ1v) is 4.17. The van der Waals surface area contributed by atoms with Crippen molar-refractivity contribution < 1.29 is 24.9 Å². The molecule has 0 fully saturated rings. The summed E-state index contributed by atoms with van der Waals surface area (Å²) < 4.78 is 3.67. The third-order valence-corrected chi connectivity index (χ3v) is 1.24. The number of hydrogen-bond donors (Lipinski definition) is 3. The summed E-state index contributed by atoms with van der Waals surface area (Å²) in [7, 11) is 1.10. The van der Waals surface area contributed by atoms with E-state index in [2.05, 4.69) is 4.74 Å². The summed E-state index contributed by atoms with van der Waals surface area (Å²) in [4.78, 5) is 9.15. The van der Waals surface area contributed by atoms with E-state index in [0.29, 0.717) is 0 Å². The summed E-state index contributed by atoms with van der Waals surface area (Å²) in [6, 6.07) is 0. The summed E-state index contributed by atoms with van der Waals surface area (Å²) in [5, 5.41) is 24.1. The Bertz CT molecular complexity index is 98.7. The van der Waals surface area contributed by atoms with E-state index in [1.165, 1.54) is 0 Å². The molecule has 0 heterocycles. The molecule has 0 aromatic heterocycles. The molecule has 5 heteroatoms. The van der Waals surface area contributed by atoms with E-state index in [9.17, 15) is 0 Å². The van der Waals surface area contributed by atoms with Gasteiger partial charge in [0.15, 0.2) is 0 Å². The molecule has 80 valence electrons. The van der Waals surface area contributed by atoms with Gasteiger partial charge in [-0.2, -0.15) is 0 Å². The summed E-state index contributed by atoms with van der Waals surface area (Å²) in [5.74, 6) is 0. The van der Waals surface area contributed by atoms with Gasteiger partial charge in [0, 0.05) is 13.2 Å². The second kappa shape index (κ2) is 13.8. The van der Waals surface area contributed by atoms with Crippen LogP contribution in [0.2, 0.25) is 0 Å². The number of ether oxygens (including phenoxy) is 1. The molecule has 0 rings (SSSR count). The van der Waals surface area contributed by atoms with E-state index in [1.54, 1.807) is 0 Å². The highest BCUT2D eigenvalue weighted by Crippen LogP contribution is 1.96. The fourth-order valence-electron chi connectivity index (χ4n) is 0.577. The Balaban J connectivity index is 0. The van der Waals surface area contributed by atoms with Gasteiger partial charge < -0.3 is 20.1 Å². The maximum Gasteiger partial charge on any atom is 0.505 e. The standard InChI is InChI=1S/C6H14O2.C2H4O3/c7-5-3-1-2-4-6-8;1-5-2(3)4/h7-8H,1-6H2;1H3,(H,3,4). The van der Waals surface area contributed by atoms with E-state index in [0.717, 1.165) is 32.8 Å². The van der Waals surface area contributed by atoms with Crippen molar-refractivity contribution >= 4 is 6.16 Å². The highest BCUT2D eigenvalue weighted by atomic mass is 16.6. The first kappa shape index (κ1) is 14.7. The number of aliphatic hydroxyl groups excluding tert-OH is 2. The van der Waals surface area contributed by atoms with Crippen molar-refractivity contribution in [3.05, 3.63) is 0 Å². The summed E-state index contributed by atoms with van der Waals surface area (Å²) in [6.45, 7) is 0.566. The van der Waals surface area contributed by atoms with Gasteiger partial charge in [0.2, 0.25) is 0 Å². The molecule has 0 saturated heterocycles. The molecule has 0 bridgehead atoms. The van der Waals surface area contributed by atoms with Crippen LogP contribution in [0.1, 0.15) is 25.7 Å². The Morgan fingerprint density at radius 3 is 1.54 bits per heavy atom. The average molecular weight is 194 g/mol. The molecule has 0 atom stereocenters. The lowest BCUT2D eigenvalue weighted by Crippen LogP contribution is -1.91. The van der Waals surface area contributed by atoms with Crippen LogP contribution in [0.3, 0.4) is 0 Å². The van der Waals surface area contributed by atoms with Gasteiger partial charge in [-0.15, -0.1) is 0 Å². The third kappa shape index (κ3) is 24.7. The van der Waals surface area contributed by atoms with Crippen LogP contribution in [0.25, 0.3) is 0 Å².